The van der Waals surface area contributed by atoms with Crippen LogP contribution in [0.5, 0.6) is 5.75 Å². The number of aliphatic imine (C=N–C) groups is 1. The van der Waals surface area contributed by atoms with Gasteiger partial charge in [-0.25, -0.2) is 4.99 Å². The molecule has 172 valence electrons. The SMILES string of the molecule is CCNC(=NCc1ccc(C)cc1OC(C)CC(C)C)NCC(O)c1ccncc1.I. The molecule has 0 bridgehead atoms. The zero-order valence-corrected chi connectivity index (χ0v) is 21.6. The van der Waals surface area contributed by atoms with E-state index in [1.54, 1.807) is 12.4 Å². The monoisotopic (exact) mass is 540 g/mol. The molecule has 0 spiro atoms. The third kappa shape index (κ3) is 9.86. The molecule has 2 atom stereocenters. The number of benzene rings is 1. The van der Waals surface area contributed by atoms with Gasteiger partial charge in [0.05, 0.1) is 18.8 Å². The van der Waals surface area contributed by atoms with Gasteiger partial charge < -0.3 is 20.5 Å². The number of halogens is 1. The Labute approximate surface area is 203 Å². The summed E-state index contributed by atoms with van der Waals surface area (Å²) in [5.41, 5.74) is 3.03. The van der Waals surface area contributed by atoms with Gasteiger partial charge in [-0.3, -0.25) is 4.98 Å². The maximum absolute atomic E-state index is 10.4. The minimum absolute atomic E-state index is 0. The molecule has 0 saturated heterocycles. The molecule has 0 aliphatic heterocycles. The van der Waals surface area contributed by atoms with Crippen molar-refractivity contribution in [2.75, 3.05) is 13.1 Å². The number of nitrogens with one attached hydrogen (secondary N) is 2. The van der Waals surface area contributed by atoms with Crippen LogP contribution in [0.1, 0.15) is 56.9 Å². The molecule has 0 radical (unpaired) electrons. The zero-order chi connectivity index (χ0) is 21.9. The summed E-state index contributed by atoms with van der Waals surface area (Å²) in [6.45, 7) is 12.2. The first kappa shape index (κ1) is 27.2. The highest BCUT2D eigenvalue weighted by Crippen LogP contribution is 2.24. The fraction of sp³-hybridized carbons (Fsp3) is 0.500. The largest absolute Gasteiger partial charge is 0.490 e. The number of aliphatic hydroxyl groups is 1. The summed E-state index contributed by atoms with van der Waals surface area (Å²) >= 11 is 0. The molecule has 1 aromatic heterocycles. The number of hydrogen-bond acceptors (Lipinski definition) is 4. The molecular formula is C24H37IN4O2. The Kier molecular flexibility index (Phi) is 12.5. The van der Waals surface area contributed by atoms with E-state index in [2.05, 4.69) is 61.5 Å². The summed E-state index contributed by atoms with van der Waals surface area (Å²) in [5, 5.41) is 16.8. The molecule has 0 amide bonds. The zero-order valence-electron chi connectivity index (χ0n) is 19.3. The Morgan fingerprint density at radius 1 is 1.13 bits per heavy atom. The van der Waals surface area contributed by atoms with Gasteiger partial charge in [0.25, 0.3) is 0 Å². The number of rotatable bonds is 10. The predicted molar refractivity (Wildman–Crippen MR) is 138 cm³/mol. The molecule has 2 unspecified atom stereocenters. The molecule has 6 nitrogen and oxygen atoms in total. The number of guanidine groups is 1. The highest BCUT2D eigenvalue weighted by molar-refractivity contribution is 14.0. The van der Waals surface area contributed by atoms with Gasteiger partial charge >= 0.3 is 0 Å². The highest BCUT2D eigenvalue weighted by atomic mass is 127. The summed E-state index contributed by atoms with van der Waals surface area (Å²) < 4.78 is 6.23. The number of aryl methyl sites for hydroxylation is 1. The van der Waals surface area contributed by atoms with Crippen LogP contribution < -0.4 is 15.4 Å². The minimum Gasteiger partial charge on any atom is -0.490 e. The molecule has 7 heteroatoms. The van der Waals surface area contributed by atoms with Gasteiger partial charge in [-0.2, -0.15) is 0 Å². The molecule has 1 heterocycles. The second kappa shape index (κ2) is 14.2. The number of aromatic nitrogens is 1. The van der Waals surface area contributed by atoms with Gasteiger partial charge in [0.2, 0.25) is 0 Å². The summed E-state index contributed by atoms with van der Waals surface area (Å²) in [5.74, 6) is 2.13. The van der Waals surface area contributed by atoms with Gasteiger partial charge in [-0.05, 0) is 62.4 Å². The van der Waals surface area contributed by atoms with Crippen LogP contribution >= 0.6 is 24.0 Å². The maximum atomic E-state index is 10.4. The van der Waals surface area contributed by atoms with Crippen LogP contribution in [0.15, 0.2) is 47.7 Å². The van der Waals surface area contributed by atoms with Crippen LogP contribution in [-0.4, -0.2) is 35.2 Å². The Hall–Kier alpha value is -1.87. The van der Waals surface area contributed by atoms with Crippen molar-refractivity contribution in [3.05, 3.63) is 59.4 Å². The van der Waals surface area contributed by atoms with E-state index in [4.69, 9.17) is 9.73 Å². The molecule has 2 aromatic rings. The number of pyridine rings is 1. The van der Waals surface area contributed by atoms with E-state index >= 15 is 0 Å². The predicted octanol–water partition coefficient (Wildman–Crippen LogP) is 4.61. The van der Waals surface area contributed by atoms with Crippen molar-refractivity contribution in [1.29, 1.82) is 0 Å². The maximum Gasteiger partial charge on any atom is 0.191 e. The lowest BCUT2D eigenvalue weighted by Gasteiger charge is -2.19. The van der Waals surface area contributed by atoms with Crippen molar-refractivity contribution in [1.82, 2.24) is 15.6 Å². The normalized spacial score (nSPS) is 13.3. The first-order chi connectivity index (χ1) is 14.4. The molecular weight excluding hydrogens is 503 g/mol. The van der Waals surface area contributed by atoms with Crippen LogP contribution in [0.25, 0.3) is 0 Å². The van der Waals surface area contributed by atoms with Gasteiger partial charge in [-0.1, -0.05) is 26.0 Å². The third-order valence-electron chi connectivity index (χ3n) is 4.66. The molecule has 1 aromatic carbocycles. The van der Waals surface area contributed by atoms with E-state index < -0.39 is 6.10 Å². The van der Waals surface area contributed by atoms with Crippen LogP contribution in [-0.2, 0) is 6.54 Å². The lowest BCUT2D eigenvalue weighted by Crippen LogP contribution is -2.39. The Morgan fingerprint density at radius 2 is 1.84 bits per heavy atom. The number of nitrogens with zero attached hydrogens (tertiary/aromatic N) is 2. The van der Waals surface area contributed by atoms with E-state index in [-0.39, 0.29) is 30.1 Å². The van der Waals surface area contributed by atoms with E-state index in [1.165, 1.54) is 5.56 Å². The summed E-state index contributed by atoms with van der Waals surface area (Å²) in [6.07, 6.45) is 3.88. The quantitative estimate of drug-likeness (QED) is 0.233. The van der Waals surface area contributed by atoms with Gasteiger partial charge in [0.1, 0.15) is 5.75 Å². The summed E-state index contributed by atoms with van der Waals surface area (Å²) in [7, 11) is 0. The lowest BCUT2D eigenvalue weighted by molar-refractivity contribution is 0.180. The molecule has 0 aliphatic rings. The Bertz CT molecular complexity index is 799. The number of hydrogen-bond donors (Lipinski definition) is 3. The van der Waals surface area contributed by atoms with Crippen LogP contribution in [0.3, 0.4) is 0 Å². The Balaban J connectivity index is 0.00000480. The molecule has 31 heavy (non-hydrogen) atoms. The molecule has 0 saturated carbocycles. The topological polar surface area (TPSA) is 78.8 Å². The molecule has 2 rings (SSSR count). The van der Waals surface area contributed by atoms with Crippen molar-refractivity contribution in [3.63, 3.8) is 0 Å². The molecule has 3 N–H and O–H groups in total. The third-order valence-corrected chi connectivity index (χ3v) is 4.66. The van der Waals surface area contributed by atoms with Crippen LogP contribution in [0.2, 0.25) is 0 Å². The average molecular weight is 540 g/mol. The highest BCUT2D eigenvalue weighted by Gasteiger charge is 2.12. The van der Waals surface area contributed by atoms with Gasteiger partial charge in [0, 0.05) is 31.0 Å². The van der Waals surface area contributed by atoms with Crippen molar-refractivity contribution in [2.24, 2.45) is 10.9 Å². The van der Waals surface area contributed by atoms with E-state index in [1.807, 2.05) is 19.1 Å². The first-order valence-electron chi connectivity index (χ1n) is 10.7. The number of ether oxygens (including phenoxy) is 1. The van der Waals surface area contributed by atoms with Crippen molar-refractivity contribution in [2.45, 2.75) is 59.8 Å². The van der Waals surface area contributed by atoms with E-state index in [9.17, 15) is 5.11 Å². The first-order valence-corrected chi connectivity index (χ1v) is 10.7. The lowest BCUT2D eigenvalue weighted by atomic mass is 10.1. The minimum atomic E-state index is -0.632. The van der Waals surface area contributed by atoms with E-state index in [0.29, 0.717) is 25.0 Å². The Morgan fingerprint density at radius 3 is 2.48 bits per heavy atom. The summed E-state index contributed by atoms with van der Waals surface area (Å²) in [4.78, 5) is 8.69. The van der Waals surface area contributed by atoms with Crippen LogP contribution in [0, 0.1) is 12.8 Å². The van der Waals surface area contributed by atoms with Crippen molar-refractivity contribution in [3.8, 4) is 5.75 Å². The number of aliphatic hydroxyl groups excluding tert-OH is 1. The van der Waals surface area contributed by atoms with Gasteiger partial charge in [0.15, 0.2) is 5.96 Å². The fourth-order valence-corrected chi connectivity index (χ4v) is 3.23. The second-order valence-corrected chi connectivity index (χ2v) is 8.04. The fourth-order valence-electron chi connectivity index (χ4n) is 3.23. The van der Waals surface area contributed by atoms with Crippen molar-refractivity contribution < 1.29 is 9.84 Å². The smallest absolute Gasteiger partial charge is 0.191 e. The van der Waals surface area contributed by atoms with E-state index in [0.717, 1.165) is 29.8 Å². The second-order valence-electron chi connectivity index (χ2n) is 8.04. The molecule has 0 fully saturated rings. The summed E-state index contributed by atoms with van der Waals surface area (Å²) in [6, 6.07) is 9.86. The standard InChI is InChI=1S/C24H36N4O2.HI/c1-6-26-24(28-16-22(29)20-9-11-25-12-10-20)27-15-21-8-7-18(4)14-23(21)30-19(5)13-17(2)3;/h7-12,14,17,19,22,29H,6,13,15-16H2,1-5H3,(H2,26,27,28);1H. The average Bonchev–Trinajstić information content (AvgIpc) is 2.71. The van der Waals surface area contributed by atoms with Crippen molar-refractivity contribution >= 4 is 29.9 Å². The molecule has 0 aliphatic carbocycles. The van der Waals surface area contributed by atoms with Crippen LogP contribution in [0.4, 0.5) is 0 Å². The van der Waals surface area contributed by atoms with Gasteiger partial charge in [-0.15, -0.1) is 24.0 Å².